The minimum Gasteiger partial charge on any atom is -0.478 e. The summed E-state index contributed by atoms with van der Waals surface area (Å²) < 4.78 is 0. The summed E-state index contributed by atoms with van der Waals surface area (Å²) >= 11 is 0. The number of hydrogen-bond donors (Lipinski definition) is 3. The summed E-state index contributed by atoms with van der Waals surface area (Å²) in [6.07, 6.45) is 6.16. The molecule has 2 aromatic rings. The minimum absolute atomic E-state index is 0.0877. The fraction of sp³-hybridized carbons (Fsp3) is 0.364. The first-order valence-electron chi connectivity index (χ1n) is 9.50. The van der Waals surface area contributed by atoms with Crippen molar-refractivity contribution in [3.05, 3.63) is 59.2 Å². The third-order valence-electron chi connectivity index (χ3n) is 4.41. The van der Waals surface area contributed by atoms with Gasteiger partial charge in [-0.1, -0.05) is 44.2 Å². The average Bonchev–Trinajstić information content (AvgIpc) is 2.66. The zero-order valence-corrected chi connectivity index (χ0v) is 16.0. The molecule has 144 valence electrons. The van der Waals surface area contributed by atoms with Crippen molar-refractivity contribution < 1.29 is 14.7 Å². The molecule has 0 aliphatic heterocycles. The number of nitrogens with one attached hydrogen (secondary N) is 2. The predicted molar refractivity (Wildman–Crippen MR) is 110 cm³/mol. The SMILES string of the molecule is CCCCCCCNc1ccc(C(=O)Nc2ccc(C)cc2C(=O)O)cc1. The van der Waals surface area contributed by atoms with E-state index in [-0.39, 0.29) is 11.5 Å². The Hall–Kier alpha value is -2.82. The molecule has 5 nitrogen and oxygen atoms in total. The van der Waals surface area contributed by atoms with Crippen LogP contribution in [0, 0.1) is 6.92 Å². The first-order chi connectivity index (χ1) is 13.0. The molecule has 0 bridgehead atoms. The molecule has 0 radical (unpaired) electrons. The quantitative estimate of drug-likeness (QED) is 0.495. The second-order valence-corrected chi connectivity index (χ2v) is 6.73. The van der Waals surface area contributed by atoms with Crippen LogP contribution in [-0.4, -0.2) is 23.5 Å². The van der Waals surface area contributed by atoms with Crippen LogP contribution in [0.3, 0.4) is 0 Å². The zero-order valence-electron chi connectivity index (χ0n) is 16.0. The summed E-state index contributed by atoms with van der Waals surface area (Å²) in [5.41, 5.74) is 2.68. The van der Waals surface area contributed by atoms with Crippen LogP contribution in [0.4, 0.5) is 11.4 Å². The molecule has 0 atom stereocenters. The van der Waals surface area contributed by atoms with E-state index in [1.807, 2.05) is 19.1 Å². The van der Waals surface area contributed by atoms with Crippen molar-refractivity contribution in [2.75, 3.05) is 17.2 Å². The number of anilines is 2. The maximum Gasteiger partial charge on any atom is 0.337 e. The molecule has 3 N–H and O–H groups in total. The van der Waals surface area contributed by atoms with E-state index >= 15 is 0 Å². The second kappa shape index (κ2) is 10.4. The van der Waals surface area contributed by atoms with Gasteiger partial charge in [0.05, 0.1) is 11.3 Å². The summed E-state index contributed by atoms with van der Waals surface area (Å²) in [5.74, 6) is -1.39. The van der Waals surface area contributed by atoms with Crippen molar-refractivity contribution in [3.63, 3.8) is 0 Å². The van der Waals surface area contributed by atoms with Crippen molar-refractivity contribution in [1.82, 2.24) is 0 Å². The van der Waals surface area contributed by atoms with Crippen LogP contribution in [-0.2, 0) is 0 Å². The molecule has 0 spiro atoms. The number of hydrogen-bond acceptors (Lipinski definition) is 3. The number of rotatable bonds is 10. The molecule has 2 aromatic carbocycles. The Morgan fingerprint density at radius 1 is 0.963 bits per heavy atom. The third-order valence-corrected chi connectivity index (χ3v) is 4.41. The summed E-state index contributed by atoms with van der Waals surface area (Å²) in [6, 6.07) is 12.2. The molecular formula is C22H28N2O3. The monoisotopic (exact) mass is 368 g/mol. The fourth-order valence-electron chi connectivity index (χ4n) is 2.84. The maximum atomic E-state index is 12.4. The van der Waals surface area contributed by atoms with Gasteiger partial charge in [-0.05, 0) is 49.7 Å². The van der Waals surface area contributed by atoms with Gasteiger partial charge in [0.25, 0.3) is 5.91 Å². The number of carboxylic acids is 1. The van der Waals surface area contributed by atoms with Gasteiger partial charge in [0.15, 0.2) is 0 Å². The van der Waals surface area contributed by atoms with Gasteiger partial charge in [0.1, 0.15) is 0 Å². The first-order valence-corrected chi connectivity index (χ1v) is 9.50. The van der Waals surface area contributed by atoms with Crippen molar-refractivity contribution in [2.24, 2.45) is 0 Å². The highest BCUT2D eigenvalue weighted by Gasteiger charge is 2.13. The Labute approximate surface area is 160 Å². The van der Waals surface area contributed by atoms with Gasteiger partial charge < -0.3 is 15.7 Å². The average molecular weight is 368 g/mol. The summed E-state index contributed by atoms with van der Waals surface area (Å²) in [6.45, 7) is 4.94. The molecule has 5 heteroatoms. The molecule has 0 aromatic heterocycles. The lowest BCUT2D eigenvalue weighted by atomic mass is 10.1. The first kappa shape index (κ1) is 20.5. The number of aromatic carboxylic acids is 1. The molecule has 0 unspecified atom stereocenters. The maximum absolute atomic E-state index is 12.4. The summed E-state index contributed by atoms with van der Waals surface area (Å²) in [4.78, 5) is 23.8. The molecule has 0 saturated heterocycles. The van der Waals surface area contributed by atoms with E-state index in [1.165, 1.54) is 25.7 Å². The van der Waals surface area contributed by atoms with E-state index in [2.05, 4.69) is 17.6 Å². The topological polar surface area (TPSA) is 78.4 Å². The number of benzene rings is 2. The Balaban J connectivity index is 1.91. The lowest BCUT2D eigenvalue weighted by Crippen LogP contribution is -2.15. The van der Waals surface area contributed by atoms with Gasteiger partial charge in [-0.3, -0.25) is 4.79 Å². The molecule has 1 amide bonds. The van der Waals surface area contributed by atoms with Gasteiger partial charge in [0, 0.05) is 17.8 Å². The number of carbonyl (C=O) groups is 2. The van der Waals surface area contributed by atoms with E-state index < -0.39 is 5.97 Å². The molecule has 0 aliphatic carbocycles. The van der Waals surface area contributed by atoms with Gasteiger partial charge in [-0.25, -0.2) is 4.79 Å². The number of carboxylic acid groups (broad SMARTS) is 1. The molecule has 0 heterocycles. The highest BCUT2D eigenvalue weighted by Crippen LogP contribution is 2.19. The lowest BCUT2D eigenvalue weighted by molar-refractivity contribution is 0.0698. The van der Waals surface area contributed by atoms with Crippen molar-refractivity contribution in [3.8, 4) is 0 Å². The molecular weight excluding hydrogens is 340 g/mol. The van der Waals surface area contributed by atoms with Crippen LogP contribution in [0.1, 0.15) is 65.3 Å². The Morgan fingerprint density at radius 3 is 2.33 bits per heavy atom. The normalized spacial score (nSPS) is 10.4. The smallest absolute Gasteiger partial charge is 0.337 e. The highest BCUT2D eigenvalue weighted by atomic mass is 16.4. The predicted octanol–water partition coefficient (Wildman–Crippen LogP) is 5.33. The number of amides is 1. The lowest BCUT2D eigenvalue weighted by Gasteiger charge is -2.10. The molecule has 0 aliphatic rings. The molecule has 0 fully saturated rings. The van der Waals surface area contributed by atoms with Crippen LogP contribution in [0.5, 0.6) is 0 Å². The second-order valence-electron chi connectivity index (χ2n) is 6.73. The standard InChI is InChI=1S/C22H28N2O3/c1-3-4-5-6-7-14-23-18-11-9-17(10-12-18)21(25)24-20-13-8-16(2)15-19(20)22(26)27/h8-13,15,23H,3-7,14H2,1-2H3,(H,24,25)(H,26,27). The van der Waals surface area contributed by atoms with E-state index in [1.54, 1.807) is 30.3 Å². The third kappa shape index (κ3) is 6.44. The Kier molecular flexibility index (Phi) is 7.86. The minimum atomic E-state index is -1.06. The van der Waals surface area contributed by atoms with Gasteiger partial charge in [-0.15, -0.1) is 0 Å². The van der Waals surface area contributed by atoms with Crippen molar-refractivity contribution in [2.45, 2.75) is 46.0 Å². The van der Waals surface area contributed by atoms with Gasteiger partial charge >= 0.3 is 5.97 Å². The van der Waals surface area contributed by atoms with E-state index in [4.69, 9.17) is 0 Å². The fourth-order valence-corrected chi connectivity index (χ4v) is 2.84. The highest BCUT2D eigenvalue weighted by molar-refractivity contribution is 6.07. The van der Waals surface area contributed by atoms with E-state index in [9.17, 15) is 14.7 Å². The molecule has 0 saturated carbocycles. The van der Waals surface area contributed by atoms with Crippen LogP contribution in [0.2, 0.25) is 0 Å². The van der Waals surface area contributed by atoms with Crippen LogP contribution in [0.25, 0.3) is 0 Å². The number of unbranched alkanes of at least 4 members (excludes halogenated alkanes) is 4. The van der Waals surface area contributed by atoms with E-state index in [0.29, 0.717) is 11.3 Å². The van der Waals surface area contributed by atoms with Crippen LogP contribution >= 0.6 is 0 Å². The van der Waals surface area contributed by atoms with Crippen LogP contribution in [0.15, 0.2) is 42.5 Å². The number of aryl methyl sites for hydroxylation is 1. The zero-order chi connectivity index (χ0) is 19.6. The van der Waals surface area contributed by atoms with Crippen molar-refractivity contribution in [1.29, 1.82) is 0 Å². The number of carbonyl (C=O) groups excluding carboxylic acids is 1. The largest absolute Gasteiger partial charge is 0.478 e. The Bertz CT molecular complexity index is 770. The summed E-state index contributed by atoms with van der Waals surface area (Å²) in [5, 5.41) is 15.3. The van der Waals surface area contributed by atoms with Gasteiger partial charge in [0.2, 0.25) is 0 Å². The van der Waals surface area contributed by atoms with Crippen LogP contribution < -0.4 is 10.6 Å². The summed E-state index contributed by atoms with van der Waals surface area (Å²) in [7, 11) is 0. The van der Waals surface area contributed by atoms with E-state index in [0.717, 1.165) is 24.2 Å². The molecule has 27 heavy (non-hydrogen) atoms. The van der Waals surface area contributed by atoms with Crippen molar-refractivity contribution >= 4 is 23.3 Å². The van der Waals surface area contributed by atoms with Gasteiger partial charge in [-0.2, -0.15) is 0 Å². The Morgan fingerprint density at radius 2 is 1.67 bits per heavy atom. The molecule has 2 rings (SSSR count).